The largest absolute Gasteiger partial charge is 0.394 e. The van der Waals surface area contributed by atoms with Crippen LogP contribution in [-0.4, -0.2) is 565 Å². The van der Waals surface area contributed by atoms with Crippen LogP contribution in [-0.2, 0) is 119 Å². The van der Waals surface area contributed by atoms with Gasteiger partial charge in [0.2, 0.25) is 30.0 Å². The van der Waals surface area contributed by atoms with Crippen molar-refractivity contribution in [1.82, 2.24) is 26.6 Å². The van der Waals surface area contributed by atoms with Crippen molar-refractivity contribution < 1.29 is 262 Å². The first-order chi connectivity index (χ1) is 61.7. The van der Waals surface area contributed by atoms with Crippen molar-refractivity contribution in [3.63, 3.8) is 0 Å². The van der Waals surface area contributed by atoms with Gasteiger partial charge in [-0.25, -0.2) is 0 Å². The molecular weight excluding hydrogens is 1780 g/mol. The minimum atomic E-state index is -2.29. The van der Waals surface area contributed by atoms with E-state index in [9.17, 15) is 167 Å². The summed E-state index contributed by atoms with van der Waals surface area (Å²) >= 11 is 0. The Morgan fingerprint density at radius 3 is 0.769 bits per heavy atom. The molecule has 0 spiro atoms. The summed E-state index contributed by atoms with van der Waals surface area (Å²) in [6, 6.07) is -8.36. The van der Waals surface area contributed by atoms with E-state index in [4.69, 9.17) is 94.7 Å². The van der Waals surface area contributed by atoms with Gasteiger partial charge in [0, 0.05) is 27.7 Å². The molecular formula is C72H121N5O53. The third-order valence-corrected chi connectivity index (χ3v) is 23.4. The van der Waals surface area contributed by atoms with E-state index in [-0.39, 0.29) is 6.41 Å². The maximum absolute atomic E-state index is 12.9. The summed E-state index contributed by atoms with van der Waals surface area (Å²) < 4.78 is 116. The van der Waals surface area contributed by atoms with Crippen LogP contribution in [0.1, 0.15) is 27.7 Å². The molecule has 0 aromatic heterocycles. The first kappa shape index (κ1) is 107. The minimum Gasteiger partial charge on any atom is -0.394 e. The number of hydrogen-bond donors (Lipinski definition) is 33. The highest BCUT2D eigenvalue weighted by atomic mass is 16.8. The molecule has 0 aromatic rings. The molecule has 51 atom stereocenters. The van der Waals surface area contributed by atoms with Crippen molar-refractivity contribution in [2.24, 2.45) is 0 Å². The zero-order valence-corrected chi connectivity index (χ0v) is 69.7. The molecule has 10 heterocycles. The number of rotatable bonds is 38. The zero-order valence-electron chi connectivity index (χ0n) is 69.7. The first-order valence-corrected chi connectivity index (χ1v) is 41.4. The van der Waals surface area contributed by atoms with Gasteiger partial charge < -0.3 is 264 Å². The first-order valence-electron chi connectivity index (χ1n) is 41.4. The smallest absolute Gasteiger partial charge is 0.217 e. The monoisotopic (exact) mass is 1900 g/mol. The van der Waals surface area contributed by atoms with Gasteiger partial charge in [0.15, 0.2) is 62.9 Å². The fourth-order valence-electron chi connectivity index (χ4n) is 16.5. The predicted octanol–water partition coefficient (Wildman–Crippen LogP) is -23.1. The molecule has 58 heteroatoms. The number of hydrogen-bond acceptors (Lipinski definition) is 53. The molecule has 0 radical (unpaired) electrons. The lowest BCUT2D eigenvalue weighted by Gasteiger charge is -2.50. The Morgan fingerprint density at radius 1 is 0.254 bits per heavy atom. The van der Waals surface area contributed by atoms with Gasteiger partial charge in [-0.3, -0.25) is 24.0 Å². The molecule has 10 aliphatic rings. The van der Waals surface area contributed by atoms with Gasteiger partial charge in [0.25, 0.3) is 0 Å². The van der Waals surface area contributed by atoms with Crippen LogP contribution in [0, 0.1) is 0 Å². The van der Waals surface area contributed by atoms with Crippen LogP contribution in [0.25, 0.3) is 0 Å². The predicted molar refractivity (Wildman–Crippen MR) is 400 cm³/mol. The van der Waals surface area contributed by atoms with Crippen molar-refractivity contribution >= 4 is 30.0 Å². The Kier molecular flexibility index (Phi) is 39.8. The standard InChI is InChI=1S/C72H121N5O53/c1-18(88)74-33-42(97)56(26(9-82)117-63(33)112-16-32-39(94)48(103)52(107)70(123-32)126-59-29(12-85)120-66(36(45(59)100)77-21(4)91)130-62-41(96)25(8-81)116-72(55(62)110)128-60-30(13-86)121-67(53(108)49(60)104)111-14-22(5-78)73-17-87)125-69-51(106)47(102)38(93)31(122-69)15-113-64-34(75-19(2)89)43(98)57(27(10-83)118-64)127-71-54(109)61(40(95)24(7-80)115-71)129-65-35(76-20(3)90)44(99)58(28(11-84)119-65)124-68-50(105)46(101)37(92)23(6-79)114-68/h17,22-72,78-86,92-110H,5-16H2,1-4H3,(H,73,87)(H,74,88)(H,75,89)(H,76,90)(H,77,91)/t22-,23-,24-,25-,26-,27-,28-,29-,30-,31-,32-,33-,34-,35-,36-,37+,38+,39+,40+,41+,42-,43-,44-,45-,46+,47+,48+,49-,50-,51-,52-,53-,54-,55-,56-,57-,58-,59-,60-,61+,62+,63-,64-,65+,66+,67-,68+,69+,70+,71+,72+/m1/s1. The summed E-state index contributed by atoms with van der Waals surface area (Å²) in [5, 5.41) is 321. The van der Waals surface area contributed by atoms with Crippen molar-refractivity contribution in [2.75, 3.05) is 79.3 Å². The molecule has 5 amide bonds. The summed E-state index contributed by atoms with van der Waals surface area (Å²) in [5.74, 6) is -3.62. The van der Waals surface area contributed by atoms with E-state index < -0.39 is 416 Å². The lowest BCUT2D eigenvalue weighted by Crippen LogP contribution is -2.70. The molecule has 10 fully saturated rings. The molecule has 0 unspecified atom stereocenters. The number of nitrogens with one attached hydrogen (secondary N) is 5. The number of ether oxygens (including phenoxy) is 20. The number of carbonyl (C=O) groups is 5. The lowest BCUT2D eigenvalue weighted by atomic mass is 9.94. The quantitative estimate of drug-likeness (QED) is 0.0255. The minimum absolute atomic E-state index is 0.254. The highest BCUT2D eigenvalue weighted by Crippen LogP contribution is 2.40. The second-order valence-electron chi connectivity index (χ2n) is 32.5. The van der Waals surface area contributed by atoms with E-state index in [0.717, 1.165) is 27.7 Å². The number of amides is 5. The van der Waals surface area contributed by atoms with Gasteiger partial charge in [-0.1, -0.05) is 0 Å². The molecule has 10 aliphatic heterocycles. The van der Waals surface area contributed by atoms with Crippen LogP contribution < -0.4 is 26.6 Å². The average Bonchev–Trinajstić information content (AvgIpc) is 0.774. The molecule has 10 saturated heterocycles. The average molecular weight is 1900 g/mol. The summed E-state index contributed by atoms with van der Waals surface area (Å²) in [4.78, 5) is 62.2. The third-order valence-electron chi connectivity index (χ3n) is 23.4. The Morgan fingerprint density at radius 2 is 0.485 bits per heavy atom. The van der Waals surface area contributed by atoms with E-state index in [1.165, 1.54) is 0 Å². The number of aliphatic hydroxyl groups excluding tert-OH is 28. The van der Waals surface area contributed by atoms with Crippen LogP contribution in [0.15, 0.2) is 0 Å². The Hall–Kier alpha value is -4.57. The Bertz CT molecular complexity index is 3500. The highest BCUT2D eigenvalue weighted by Gasteiger charge is 2.62. The molecule has 58 nitrogen and oxygen atoms in total. The van der Waals surface area contributed by atoms with Crippen molar-refractivity contribution in [1.29, 1.82) is 0 Å². The summed E-state index contributed by atoms with van der Waals surface area (Å²) in [6.07, 6.45) is -91.8. The SMILES string of the molecule is CC(=O)N[C@H]1[C@H](OC[C@H]2O[C@@H](O[C@H]3[C@H](O)[C@@H](NC(C)=O)[C@H](O[C@H]4[C@@H](O)[C@@H](CO)O[C@@H](O[C@H]5[C@H](O)[C@@H](O)[C@H](OC[C@@H](CO)NC=O)O[C@@H]5CO)[C@@H]4O)O[C@@H]3CO)[C@H](O)[C@@H](O)[C@H]2O)O[C@H](CO)[C@@H](O[C@@H]2O[C@H](CO[C@@H]3O[C@H](CO)[C@@H](O[C@@H]4O[C@H](CO)[C@H](O)[C@H](O[C@@H]5O[C@H](CO)[C@@H](O[C@@H]6O[C@H](CO)[C@H](O)[C@H](O)[C@H]6O)[C@H](O)[C@H]5NC(C)=O)[C@H]4O)[C@H](O)[C@H]3NC(C)=O)[C@H](O)[C@H](O)[C@H]2O)[C@@H]1O. The van der Waals surface area contributed by atoms with E-state index in [0.29, 0.717) is 0 Å². The molecule has 130 heavy (non-hydrogen) atoms. The Balaban J connectivity index is 0.772. The fraction of sp³-hybridized carbons (Fsp3) is 0.931. The van der Waals surface area contributed by atoms with Gasteiger partial charge in [-0.05, 0) is 0 Å². The molecule has 0 aromatic carbocycles. The Labute approximate surface area is 736 Å². The molecule has 0 aliphatic carbocycles. The summed E-state index contributed by atoms with van der Waals surface area (Å²) in [6.45, 7) is -7.68. The van der Waals surface area contributed by atoms with Gasteiger partial charge in [0.1, 0.15) is 244 Å². The normalized spacial score (nSPS) is 47.6. The highest BCUT2D eigenvalue weighted by molar-refractivity contribution is 5.74. The molecule has 0 bridgehead atoms. The van der Waals surface area contributed by atoms with Crippen LogP contribution in [0.3, 0.4) is 0 Å². The zero-order chi connectivity index (χ0) is 95.6. The van der Waals surface area contributed by atoms with Gasteiger partial charge in [0.05, 0.1) is 85.3 Å². The number of aliphatic hydroxyl groups is 28. The molecule has 0 saturated carbocycles. The summed E-state index contributed by atoms with van der Waals surface area (Å²) in [5.41, 5.74) is 0. The van der Waals surface area contributed by atoms with Crippen LogP contribution >= 0.6 is 0 Å². The van der Waals surface area contributed by atoms with Crippen molar-refractivity contribution in [3.05, 3.63) is 0 Å². The van der Waals surface area contributed by atoms with Crippen molar-refractivity contribution in [2.45, 2.75) is 341 Å². The van der Waals surface area contributed by atoms with E-state index in [2.05, 4.69) is 26.6 Å². The van der Waals surface area contributed by atoms with Gasteiger partial charge >= 0.3 is 0 Å². The topological polar surface area (TPSA) is 897 Å². The van der Waals surface area contributed by atoms with Crippen LogP contribution in [0.4, 0.5) is 0 Å². The lowest BCUT2D eigenvalue weighted by molar-refractivity contribution is -0.382. The van der Waals surface area contributed by atoms with Gasteiger partial charge in [-0.2, -0.15) is 0 Å². The van der Waals surface area contributed by atoms with E-state index in [1.54, 1.807) is 0 Å². The molecule has 752 valence electrons. The van der Waals surface area contributed by atoms with Crippen LogP contribution in [0.2, 0.25) is 0 Å². The summed E-state index contributed by atoms with van der Waals surface area (Å²) in [7, 11) is 0. The van der Waals surface area contributed by atoms with Crippen LogP contribution in [0.5, 0.6) is 0 Å². The van der Waals surface area contributed by atoms with E-state index in [1.807, 2.05) is 0 Å². The number of carbonyl (C=O) groups excluding carboxylic acids is 5. The molecule has 10 rings (SSSR count). The fourth-order valence-corrected chi connectivity index (χ4v) is 16.5. The third kappa shape index (κ3) is 24.4. The van der Waals surface area contributed by atoms with Crippen molar-refractivity contribution in [3.8, 4) is 0 Å². The van der Waals surface area contributed by atoms with E-state index >= 15 is 0 Å². The second-order valence-corrected chi connectivity index (χ2v) is 32.5. The maximum Gasteiger partial charge on any atom is 0.217 e. The maximum atomic E-state index is 12.9. The van der Waals surface area contributed by atoms with Gasteiger partial charge in [-0.15, -0.1) is 0 Å². The molecule has 33 N–H and O–H groups in total. The second kappa shape index (κ2) is 48.1.